The molecule has 3 aromatic rings. The van der Waals surface area contributed by atoms with Crippen molar-refractivity contribution in [1.82, 2.24) is 14.8 Å². The van der Waals surface area contributed by atoms with E-state index >= 15 is 0 Å². The Morgan fingerprint density at radius 3 is 2.71 bits per heavy atom. The van der Waals surface area contributed by atoms with Crippen LogP contribution < -0.4 is 14.8 Å². The number of hydrogen-bond donors (Lipinski definition) is 1. The van der Waals surface area contributed by atoms with Gasteiger partial charge in [-0.15, -0.1) is 10.2 Å². The number of hydrogen-bond acceptors (Lipinski definition) is 5. The first kappa shape index (κ1) is 16.8. The molecule has 1 N–H and O–H groups in total. The zero-order valence-corrected chi connectivity index (χ0v) is 15.4. The van der Waals surface area contributed by atoms with Gasteiger partial charge in [-0.2, -0.15) is 0 Å². The van der Waals surface area contributed by atoms with Crippen molar-refractivity contribution in [2.24, 2.45) is 0 Å². The molecule has 0 atom stereocenters. The Labute approximate surface area is 162 Å². The Balaban J connectivity index is 1.33. The molecule has 1 amide bonds. The topological polar surface area (TPSA) is 78.3 Å². The van der Waals surface area contributed by atoms with E-state index in [2.05, 4.69) is 20.1 Å². The summed E-state index contributed by atoms with van der Waals surface area (Å²) in [5, 5.41) is 11.7. The van der Waals surface area contributed by atoms with Crippen LogP contribution >= 0.6 is 0 Å². The van der Waals surface area contributed by atoms with E-state index in [9.17, 15) is 4.79 Å². The summed E-state index contributed by atoms with van der Waals surface area (Å²) in [6.45, 7) is 1.15. The number of carbonyl (C=O) groups excluding carboxylic acids is 1. The van der Waals surface area contributed by atoms with Gasteiger partial charge in [-0.1, -0.05) is 6.42 Å². The third kappa shape index (κ3) is 3.09. The highest BCUT2D eigenvalue weighted by Crippen LogP contribution is 2.32. The highest BCUT2D eigenvalue weighted by atomic mass is 16.7. The molecule has 28 heavy (non-hydrogen) atoms. The molecule has 0 spiro atoms. The normalized spacial score (nSPS) is 15.0. The first-order valence-electron chi connectivity index (χ1n) is 9.51. The number of nitrogens with one attached hydrogen (secondary N) is 1. The standard InChI is InChI=1S/C21H20N4O3/c26-21(15-7-10-17-18(12-15)28-13-27-17)22-16-8-5-14(6-9-16)20-24-23-19-4-2-1-3-11-25(19)20/h5-10,12H,1-4,11,13H2,(H,22,26). The third-order valence-electron chi connectivity index (χ3n) is 5.15. The fourth-order valence-electron chi connectivity index (χ4n) is 3.64. The Morgan fingerprint density at radius 2 is 1.82 bits per heavy atom. The number of aryl methyl sites for hydroxylation is 1. The van der Waals surface area contributed by atoms with E-state index < -0.39 is 0 Å². The molecule has 142 valence electrons. The van der Waals surface area contributed by atoms with E-state index in [0.29, 0.717) is 17.1 Å². The lowest BCUT2D eigenvalue weighted by molar-refractivity contribution is 0.102. The molecular formula is C21H20N4O3. The van der Waals surface area contributed by atoms with Crippen LogP contribution in [0.1, 0.15) is 35.4 Å². The zero-order valence-electron chi connectivity index (χ0n) is 15.4. The molecule has 0 saturated heterocycles. The average molecular weight is 376 g/mol. The minimum atomic E-state index is -0.192. The van der Waals surface area contributed by atoms with Crippen molar-refractivity contribution in [1.29, 1.82) is 0 Å². The van der Waals surface area contributed by atoms with Crippen molar-refractivity contribution < 1.29 is 14.3 Å². The second kappa shape index (κ2) is 6.99. The summed E-state index contributed by atoms with van der Waals surface area (Å²) in [5.41, 5.74) is 2.25. The van der Waals surface area contributed by atoms with Crippen LogP contribution in [0.2, 0.25) is 0 Å². The predicted molar refractivity (Wildman–Crippen MR) is 104 cm³/mol. The van der Waals surface area contributed by atoms with Gasteiger partial charge < -0.3 is 19.4 Å². The molecule has 0 aliphatic carbocycles. The summed E-state index contributed by atoms with van der Waals surface area (Å²) in [6.07, 6.45) is 4.54. The Hall–Kier alpha value is -3.35. The molecule has 2 aromatic carbocycles. The molecule has 0 unspecified atom stereocenters. The van der Waals surface area contributed by atoms with Crippen molar-refractivity contribution in [2.45, 2.75) is 32.2 Å². The van der Waals surface area contributed by atoms with Gasteiger partial charge in [0, 0.05) is 29.8 Å². The summed E-state index contributed by atoms with van der Waals surface area (Å²) >= 11 is 0. The smallest absolute Gasteiger partial charge is 0.255 e. The van der Waals surface area contributed by atoms with Gasteiger partial charge in [0.05, 0.1) is 0 Å². The lowest BCUT2D eigenvalue weighted by Crippen LogP contribution is -2.11. The number of aromatic nitrogens is 3. The molecule has 2 aliphatic heterocycles. The quantitative estimate of drug-likeness (QED) is 0.755. The first-order valence-corrected chi connectivity index (χ1v) is 9.51. The molecule has 5 rings (SSSR count). The molecule has 0 radical (unpaired) electrons. The van der Waals surface area contributed by atoms with Crippen LogP contribution in [0.15, 0.2) is 42.5 Å². The molecule has 7 heteroatoms. The largest absolute Gasteiger partial charge is 0.454 e. The zero-order chi connectivity index (χ0) is 18.9. The number of benzene rings is 2. The maximum absolute atomic E-state index is 12.5. The Kier molecular flexibility index (Phi) is 4.20. The number of amides is 1. The van der Waals surface area contributed by atoms with E-state index in [1.165, 1.54) is 12.8 Å². The summed E-state index contributed by atoms with van der Waals surface area (Å²) < 4.78 is 12.8. The van der Waals surface area contributed by atoms with Gasteiger partial charge in [-0.3, -0.25) is 4.79 Å². The Bertz CT molecular complexity index is 1030. The average Bonchev–Trinajstić information content (AvgIpc) is 3.29. The van der Waals surface area contributed by atoms with Crippen LogP contribution in [0.4, 0.5) is 5.69 Å². The number of carbonyl (C=O) groups is 1. The van der Waals surface area contributed by atoms with E-state index in [-0.39, 0.29) is 12.7 Å². The lowest BCUT2D eigenvalue weighted by Gasteiger charge is -2.09. The van der Waals surface area contributed by atoms with Crippen molar-refractivity contribution in [2.75, 3.05) is 12.1 Å². The number of anilines is 1. The second-order valence-corrected chi connectivity index (χ2v) is 7.00. The van der Waals surface area contributed by atoms with Gasteiger partial charge in [-0.25, -0.2) is 0 Å². The molecule has 3 heterocycles. The van der Waals surface area contributed by atoms with E-state index in [0.717, 1.165) is 42.3 Å². The molecule has 0 saturated carbocycles. The summed E-state index contributed by atoms with van der Waals surface area (Å²) in [5.74, 6) is 3.02. The van der Waals surface area contributed by atoms with Crippen molar-refractivity contribution in [3.05, 3.63) is 53.9 Å². The van der Waals surface area contributed by atoms with Gasteiger partial charge in [0.25, 0.3) is 5.91 Å². The maximum atomic E-state index is 12.5. The minimum absolute atomic E-state index is 0.189. The molecule has 7 nitrogen and oxygen atoms in total. The van der Waals surface area contributed by atoms with Crippen LogP contribution in [0, 0.1) is 0 Å². The number of fused-ring (bicyclic) bond motifs is 2. The first-order chi connectivity index (χ1) is 13.8. The van der Waals surface area contributed by atoms with Crippen LogP contribution in [0.3, 0.4) is 0 Å². The number of nitrogens with zero attached hydrogens (tertiary/aromatic N) is 3. The van der Waals surface area contributed by atoms with E-state index in [1.807, 2.05) is 24.3 Å². The predicted octanol–water partition coefficient (Wildman–Crippen LogP) is 3.65. The Morgan fingerprint density at radius 1 is 0.964 bits per heavy atom. The van der Waals surface area contributed by atoms with Gasteiger partial charge in [0.2, 0.25) is 6.79 Å². The summed E-state index contributed by atoms with van der Waals surface area (Å²) in [7, 11) is 0. The monoisotopic (exact) mass is 376 g/mol. The lowest BCUT2D eigenvalue weighted by atomic mass is 10.1. The molecular weight excluding hydrogens is 356 g/mol. The highest BCUT2D eigenvalue weighted by molar-refractivity contribution is 6.04. The number of ether oxygens (including phenoxy) is 2. The maximum Gasteiger partial charge on any atom is 0.255 e. The van der Waals surface area contributed by atoms with Crippen molar-refractivity contribution in [3.63, 3.8) is 0 Å². The summed E-state index contributed by atoms with van der Waals surface area (Å²) in [4.78, 5) is 12.5. The molecule has 0 bridgehead atoms. The van der Waals surface area contributed by atoms with Crippen molar-refractivity contribution in [3.8, 4) is 22.9 Å². The van der Waals surface area contributed by atoms with Crippen LogP contribution in [0.5, 0.6) is 11.5 Å². The minimum Gasteiger partial charge on any atom is -0.454 e. The van der Waals surface area contributed by atoms with Gasteiger partial charge in [0.15, 0.2) is 17.3 Å². The van der Waals surface area contributed by atoms with E-state index in [4.69, 9.17) is 9.47 Å². The van der Waals surface area contributed by atoms with Crippen LogP contribution in [-0.4, -0.2) is 27.5 Å². The van der Waals surface area contributed by atoms with Gasteiger partial charge in [-0.05, 0) is 55.3 Å². The fourth-order valence-corrected chi connectivity index (χ4v) is 3.64. The van der Waals surface area contributed by atoms with E-state index in [1.54, 1.807) is 18.2 Å². The molecule has 1 aromatic heterocycles. The van der Waals surface area contributed by atoms with Crippen molar-refractivity contribution >= 4 is 11.6 Å². The fraction of sp³-hybridized carbons (Fsp3) is 0.286. The number of rotatable bonds is 3. The van der Waals surface area contributed by atoms with Crippen LogP contribution in [0.25, 0.3) is 11.4 Å². The second-order valence-electron chi connectivity index (χ2n) is 7.00. The molecule has 2 aliphatic rings. The van der Waals surface area contributed by atoms with Crippen LogP contribution in [-0.2, 0) is 13.0 Å². The van der Waals surface area contributed by atoms with Gasteiger partial charge >= 0.3 is 0 Å². The SMILES string of the molecule is O=C(Nc1ccc(-c2nnc3n2CCCCC3)cc1)c1ccc2c(c1)OCO2. The highest BCUT2D eigenvalue weighted by Gasteiger charge is 2.18. The van der Waals surface area contributed by atoms with Gasteiger partial charge in [0.1, 0.15) is 5.82 Å². The summed E-state index contributed by atoms with van der Waals surface area (Å²) in [6, 6.07) is 12.9. The third-order valence-corrected chi connectivity index (χ3v) is 5.15. The molecule has 0 fully saturated rings.